The Morgan fingerprint density at radius 1 is 0.950 bits per heavy atom. The fourth-order valence-electron chi connectivity index (χ4n) is 2.42. The largest absolute Gasteiger partial charge is 0.370 e. The summed E-state index contributed by atoms with van der Waals surface area (Å²) in [7, 11) is 0. The van der Waals surface area contributed by atoms with Crippen LogP contribution in [0, 0.1) is 6.92 Å². The smallest absolute Gasteiger partial charge is 0.0399 e. The zero-order valence-electron chi connectivity index (χ0n) is 12.1. The van der Waals surface area contributed by atoms with Crippen molar-refractivity contribution in [2.45, 2.75) is 19.8 Å². The van der Waals surface area contributed by atoms with E-state index in [9.17, 15) is 0 Å². The van der Waals surface area contributed by atoms with E-state index in [0.717, 1.165) is 25.9 Å². The van der Waals surface area contributed by atoms with Crippen LogP contribution in [0.5, 0.6) is 0 Å². The van der Waals surface area contributed by atoms with Crippen molar-refractivity contribution >= 4 is 17.3 Å². The SMILES string of the molecule is Cc1cccc(N(CCCl)CCCc2ccccc2)c1. The van der Waals surface area contributed by atoms with E-state index in [1.54, 1.807) is 0 Å². The molecule has 2 aromatic carbocycles. The molecule has 2 aromatic rings. The van der Waals surface area contributed by atoms with Crippen molar-refractivity contribution < 1.29 is 0 Å². The van der Waals surface area contributed by atoms with E-state index in [-0.39, 0.29) is 0 Å². The maximum absolute atomic E-state index is 5.94. The van der Waals surface area contributed by atoms with Crippen LogP contribution in [0.2, 0.25) is 0 Å². The van der Waals surface area contributed by atoms with Crippen molar-refractivity contribution in [2.24, 2.45) is 0 Å². The molecule has 0 spiro atoms. The van der Waals surface area contributed by atoms with Gasteiger partial charge in [-0.05, 0) is 43.0 Å². The third kappa shape index (κ3) is 4.57. The quantitative estimate of drug-likeness (QED) is 0.669. The molecule has 0 bridgehead atoms. The van der Waals surface area contributed by atoms with Crippen LogP contribution in [0.4, 0.5) is 5.69 Å². The van der Waals surface area contributed by atoms with E-state index in [4.69, 9.17) is 11.6 Å². The fourth-order valence-corrected chi connectivity index (χ4v) is 2.62. The summed E-state index contributed by atoms with van der Waals surface area (Å²) >= 11 is 5.94. The molecule has 0 radical (unpaired) electrons. The molecule has 0 fully saturated rings. The Morgan fingerprint density at radius 3 is 2.45 bits per heavy atom. The number of aryl methyl sites for hydroxylation is 2. The molecule has 0 aromatic heterocycles. The summed E-state index contributed by atoms with van der Waals surface area (Å²) in [6.07, 6.45) is 2.26. The minimum atomic E-state index is 0.666. The summed E-state index contributed by atoms with van der Waals surface area (Å²) in [5.41, 5.74) is 3.98. The van der Waals surface area contributed by atoms with E-state index in [1.807, 2.05) is 0 Å². The number of anilines is 1. The second-order valence-electron chi connectivity index (χ2n) is 5.10. The lowest BCUT2D eigenvalue weighted by Gasteiger charge is -2.24. The van der Waals surface area contributed by atoms with Crippen molar-refractivity contribution in [3.63, 3.8) is 0 Å². The number of hydrogen-bond donors (Lipinski definition) is 0. The molecular weight excluding hydrogens is 266 g/mol. The zero-order valence-corrected chi connectivity index (χ0v) is 12.8. The minimum Gasteiger partial charge on any atom is -0.370 e. The highest BCUT2D eigenvalue weighted by Crippen LogP contribution is 2.17. The molecule has 0 aliphatic carbocycles. The van der Waals surface area contributed by atoms with Crippen LogP contribution in [0.1, 0.15) is 17.5 Å². The Bertz CT molecular complexity index is 510. The summed E-state index contributed by atoms with van der Waals surface area (Å²) in [5.74, 6) is 0.666. The topological polar surface area (TPSA) is 3.24 Å². The highest BCUT2D eigenvalue weighted by molar-refractivity contribution is 6.18. The molecule has 0 N–H and O–H groups in total. The molecule has 20 heavy (non-hydrogen) atoms. The lowest BCUT2D eigenvalue weighted by molar-refractivity contribution is 0.748. The van der Waals surface area contributed by atoms with Gasteiger partial charge in [-0.15, -0.1) is 11.6 Å². The molecule has 2 heteroatoms. The van der Waals surface area contributed by atoms with Gasteiger partial charge in [-0.2, -0.15) is 0 Å². The average molecular weight is 288 g/mol. The Labute approximate surface area is 127 Å². The van der Waals surface area contributed by atoms with Crippen molar-refractivity contribution in [3.8, 4) is 0 Å². The molecule has 0 heterocycles. The van der Waals surface area contributed by atoms with Gasteiger partial charge in [-0.1, -0.05) is 42.5 Å². The van der Waals surface area contributed by atoms with Gasteiger partial charge in [-0.25, -0.2) is 0 Å². The number of alkyl halides is 1. The highest BCUT2D eigenvalue weighted by atomic mass is 35.5. The molecule has 0 aliphatic heterocycles. The minimum absolute atomic E-state index is 0.666. The van der Waals surface area contributed by atoms with Gasteiger partial charge >= 0.3 is 0 Å². The first-order valence-electron chi connectivity index (χ1n) is 7.21. The van der Waals surface area contributed by atoms with Gasteiger partial charge < -0.3 is 4.90 Å². The van der Waals surface area contributed by atoms with Crippen LogP contribution in [0.25, 0.3) is 0 Å². The normalized spacial score (nSPS) is 10.5. The Balaban J connectivity index is 1.92. The lowest BCUT2D eigenvalue weighted by atomic mass is 10.1. The standard InChI is InChI=1S/C18H22ClN/c1-16-7-5-11-18(15-16)20(14-12-19)13-6-10-17-8-3-2-4-9-17/h2-5,7-9,11,15H,6,10,12-14H2,1H3. The maximum atomic E-state index is 5.94. The van der Waals surface area contributed by atoms with Crippen LogP contribution < -0.4 is 4.90 Å². The van der Waals surface area contributed by atoms with E-state index in [1.165, 1.54) is 16.8 Å². The molecule has 0 atom stereocenters. The Hall–Kier alpha value is -1.47. The molecule has 106 valence electrons. The summed E-state index contributed by atoms with van der Waals surface area (Å²) in [4.78, 5) is 2.38. The first-order valence-corrected chi connectivity index (χ1v) is 7.74. The van der Waals surface area contributed by atoms with E-state index >= 15 is 0 Å². The molecule has 0 unspecified atom stereocenters. The van der Waals surface area contributed by atoms with Gasteiger partial charge in [0.15, 0.2) is 0 Å². The van der Waals surface area contributed by atoms with E-state index < -0.39 is 0 Å². The number of hydrogen-bond acceptors (Lipinski definition) is 1. The lowest BCUT2D eigenvalue weighted by Crippen LogP contribution is -2.27. The maximum Gasteiger partial charge on any atom is 0.0399 e. The Kier molecular flexibility index (Phi) is 5.94. The molecule has 0 saturated carbocycles. The average Bonchev–Trinajstić information content (AvgIpc) is 2.47. The molecule has 1 nitrogen and oxygen atoms in total. The predicted octanol–water partition coefficient (Wildman–Crippen LogP) is 4.67. The summed E-state index contributed by atoms with van der Waals surface area (Å²) in [6.45, 7) is 4.08. The zero-order chi connectivity index (χ0) is 14.2. The monoisotopic (exact) mass is 287 g/mol. The van der Waals surface area contributed by atoms with Crippen LogP contribution in [0.3, 0.4) is 0 Å². The van der Waals surface area contributed by atoms with Crippen LogP contribution in [-0.2, 0) is 6.42 Å². The van der Waals surface area contributed by atoms with Crippen molar-refractivity contribution in [1.82, 2.24) is 0 Å². The number of nitrogens with zero attached hydrogens (tertiary/aromatic N) is 1. The van der Waals surface area contributed by atoms with E-state index in [2.05, 4.69) is 66.4 Å². The predicted molar refractivity (Wildman–Crippen MR) is 88.9 cm³/mol. The van der Waals surface area contributed by atoms with Crippen molar-refractivity contribution in [2.75, 3.05) is 23.9 Å². The van der Waals surface area contributed by atoms with Gasteiger partial charge in [0.2, 0.25) is 0 Å². The van der Waals surface area contributed by atoms with Crippen LogP contribution in [0.15, 0.2) is 54.6 Å². The molecule has 0 saturated heterocycles. The first-order chi connectivity index (χ1) is 9.79. The third-order valence-corrected chi connectivity index (χ3v) is 3.63. The molecular formula is C18H22ClN. The molecule has 0 aliphatic rings. The number of rotatable bonds is 7. The van der Waals surface area contributed by atoms with Crippen LogP contribution in [-0.4, -0.2) is 19.0 Å². The van der Waals surface area contributed by atoms with Crippen molar-refractivity contribution in [1.29, 1.82) is 0 Å². The van der Waals surface area contributed by atoms with E-state index in [0.29, 0.717) is 5.88 Å². The van der Waals surface area contributed by atoms with Gasteiger partial charge in [0.1, 0.15) is 0 Å². The molecule has 2 rings (SSSR count). The third-order valence-electron chi connectivity index (χ3n) is 3.46. The summed E-state index contributed by atoms with van der Waals surface area (Å²) < 4.78 is 0. The van der Waals surface area contributed by atoms with Crippen LogP contribution >= 0.6 is 11.6 Å². The van der Waals surface area contributed by atoms with Gasteiger partial charge in [0.25, 0.3) is 0 Å². The Morgan fingerprint density at radius 2 is 1.75 bits per heavy atom. The summed E-state index contributed by atoms with van der Waals surface area (Å²) in [5, 5.41) is 0. The number of benzene rings is 2. The first kappa shape index (κ1) is 14.9. The van der Waals surface area contributed by atoms with Gasteiger partial charge in [0.05, 0.1) is 0 Å². The second-order valence-corrected chi connectivity index (χ2v) is 5.48. The van der Waals surface area contributed by atoms with Gasteiger partial charge in [0, 0.05) is 24.7 Å². The number of halogens is 1. The second kappa shape index (κ2) is 7.96. The van der Waals surface area contributed by atoms with Crippen molar-refractivity contribution in [3.05, 3.63) is 65.7 Å². The fraction of sp³-hybridized carbons (Fsp3) is 0.333. The summed E-state index contributed by atoms with van der Waals surface area (Å²) in [6, 6.07) is 19.3. The highest BCUT2D eigenvalue weighted by Gasteiger charge is 2.05. The van der Waals surface area contributed by atoms with Gasteiger partial charge in [-0.3, -0.25) is 0 Å². The molecule has 0 amide bonds.